The molecule has 0 aliphatic carbocycles. The summed E-state index contributed by atoms with van der Waals surface area (Å²) in [6.07, 6.45) is 0. The minimum atomic E-state index is 0.170. The van der Waals surface area contributed by atoms with E-state index < -0.39 is 0 Å². The number of nitrogen functional groups attached to an aromatic ring is 1. The normalized spacial score (nSPS) is 11.2. The SMILES string of the molecule is CC(C)n1c(NN)nc2c(O)cccc21. The maximum atomic E-state index is 9.64. The first-order valence-corrected chi connectivity index (χ1v) is 4.81. The lowest BCUT2D eigenvalue weighted by molar-refractivity contribution is 0.480. The van der Waals surface area contributed by atoms with E-state index >= 15 is 0 Å². The number of anilines is 1. The van der Waals surface area contributed by atoms with E-state index in [1.165, 1.54) is 0 Å². The van der Waals surface area contributed by atoms with Crippen LogP contribution in [0.15, 0.2) is 18.2 Å². The number of hydrazine groups is 1. The average molecular weight is 206 g/mol. The molecule has 0 unspecified atom stereocenters. The van der Waals surface area contributed by atoms with E-state index in [2.05, 4.69) is 10.4 Å². The molecule has 1 aromatic heterocycles. The molecule has 0 amide bonds. The van der Waals surface area contributed by atoms with Crippen molar-refractivity contribution in [1.29, 1.82) is 0 Å². The number of hydrogen-bond donors (Lipinski definition) is 3. The predicted molar refractivity (Wildman–Crippen MR) is 59.6 cm³/mol. The Morgan fingerprint density at radius 2 is 2.20 bits per heavy atom. The van der Waals surface area contributed by atoms with Crippen LogP contribution in [0, 0.1) is 0 Å². The monoisotopic (exact) mass is 206 g/mol. The van der Waals surface area contributed by atoms with Gasteiger partial charge in [0.15, 0.2) is 0 Å². The summed E-state index contributed by atoms with van der Waals surface area (Å²) in [7, 11) is 0. The second-order valence-electron chi connectivity index (χ2n) is 3.69. The molecule has 1 aromatic carbocycles. The fourth-order valence-corrected chi connectivity index (χ4v) is 1.73. The van der Waals surface area contributed by atoms with Gasteiger partial charge in [0, 0.05) is 6.04 Å². The molecule has 2 aromatic rings. The van der Waals surface area contributed by atoms with Gasteiger partial charge in [-0.1, -0.05) is 6.07 Å². The number of benzene rings is 1. The van der Waals surface area contributed by atoms with Gasteiger partial charge in [-0.15, -0.1) is 0 Å². The van der Waals surface area contributed by atoms with Gasteiger partial charge in [0.2, 0.25) is 5.95 Å². The highest BCUT2D eigenvalue weighted by Crippen LogP contribution is 2.29. The number of phenolic OH excluding ortho intramolecular Hbond substituents is 1. The van der Waals surface area contributed by atoms with Crippen LogP contribution in [-0.2, 0) is 0 Å². The number of rotatable bonds is 2. The van der Waals surface area contributed by atoms with E-state index in [4.69, 9.17) is 5.84 Å². The van der Waals surface area contributed by atoms with Gasteiger partial charge in [0.05, 0.1) is 5.52 Å². The lowest BCUT2D eigenvalue weighted by Gasteiger charge is -2.11. The summed E-state index contributed by atoms with van der Waals surface area (Å²) >= 11 is 0. The van der Waals surface area contributed by atoms with E-state index in [0.717, 1.165) is 5.52 Å². The Hall–Kier alpha value is -1.75. The Morgan fingerprint density at radius 1 is 1.47 bits per heavy atom. The van der Waals surface area contributed by atoms with E-state index in [0.29, 0.717) is 11.5 Å². The van der Waals surface area contributed by atoms with E-state index in [1.807, 2.05) is 24.5 Å². The van der Waals surface area contributed by atoms with Crippen molar-refractivity contribution in [3.63, 3.8) is 0 Å². The molecule has 5 nitrogen and oxygen atoms in total. The molecule has 1 heterocycles. The van der Waals surface area contributed by atoms with Crippen LogP contribution in [0.4, 0.5) is 5.95 Å². The molecule has 0 atom stereocenters. The minimum Gasteiger partial charge on any atom is -0.506 e. The van der Waals surface area contributed by atoms with E-state index in [1.54, 1.807) is 12.1 Å². The number of hydrogen-bond acceptors (Lipinski definition) is 4. The van der Waals surface area contributed by atoms with Crippen molar-refractivity contribution in [1.82, 2.24) is 9.55 Å². The molecule has 15 heavy (non-hydrogen) atoms. The fourth-order valence-electron chi connectivity index (χ4n) is 1.73. The third-order valence-corrected chi connectivity index (χ3v) is 2.34. The first-order chi connectivity index (χ1) is 7.15. The predicted octanol–water partition coefficient (Wildman–Crippen LogP) is 1.61. The number of para-hydroxylation sites is 1. The molecule has 4 N–H and O–H groups in total. The number of aromatic hydroxyl groups is 1. The van der Waals surface area contributed by atoms with Gasteiger partial charge in [-0.25, -0.2) is 10.8 Å². The summed E-state index contributed by atoms with van der Waals surface area (Å²) in [5, 5.41) is 9.64. The third kappa shape index (κ3) is 1.41. The van der Waals surface area contributed by atoms with Crippen molar-refractivity contribution in [2.45, 2.75) is 19.9 Å². The number of fused-ring (bicyclic) bond motifs is 1. The first-order valence-electron chi connectivity index (χ1n) is 4.81. The largest absolute Gasteiger partial charge is 0.506 e. The Kier molecular flexibility index (Phi) is 2.24. The van der Waals surface area contributed by atoms with Gasteiger partial charge in [0.1, 0.15) is 11.3 Å². The molecule has 5 heteroatoms. The number of imidazole rings is 1. The summed E-state index contributed by atoms with van der Waals surface area (Å²) in [6, 6.07) is 5.53. The van der Waals surface area contributed by atoms with E-state index in [9.17, 15) is 5.11 Å². The van der Waals surface area contributed by atoms with E-state index in [-0.39, 0.29) is 11.8 Å². The van der Waals surface area contributed by atoms with Crippen LogP contribution < -0.4 is 11.3 Å². The molecular formula is C10H14N4O. The van der Waals surface area contributed by atoms with Crippen molar-refractivity contribution in [3.05, 3.63) is 18.2 Å². The van der Waals surface area contributed by atoms with Crippen LogP contribution in [0.1, 0.15) is 19.9 Å². The number of nitrogens with one attached hydrogen (secondary N) is 1. The summed E-state index contributed by atoms with van der Waals surface area (Å²) in [4.78, 5) is 4.23. The zero-order valence-corrected chi connectivity index (χ0v) is 8.73. The smallest absolute Gasteiger partial charge is 0.218 e. The standard InChI is InChI=1S/C10H14N4O/c1-6(2)14-7-4-3-5-8(15)9(7)12-10(14)13-11/h3-6,15H,11H2,1-2H3,(H,12,13). The zero-order valence-electron chi connectivity index (χ0n) is 8.73. The second kappa shape index (κ2) is 3.43. The number of nitrogens with two attached hydrogens (primary N) is 1. The molecule has 0 aliphatic rings. The van der Waals surface area contributed by atoms with Crippen LogP contribution in [0.2, 0.25) is 0 Å². The zero-order chi connectivity index (χ0) is 11.0. The minimum absolute atomic E-state index is 0.170. The molecular weight excluding hydrogens is 192 g/mol. The van der Waals surface area contributed by atoms with Crippen molar-refractivity contribution in [3.8, 4) is 5.75 Å². The lowest BCUT2D eigenvalue weighted by atomic mass is 10.3. The molecule has 2 rings (SSSR count). The lowest BCUT2D eigenvalue weighted by Crippen LogP contribution is -2.14. The van der Waals surface area contributed by atoms with Crippen LogP contribution in [-0.4, -0.2) is 14.7 Å². The van der Waals surface area contributed by atoms with Crippen molar-refractivity contribution in [2.24, 2.45) is 5.84 Å². The highest BCUT2D eigenvalue weighted by atomic mass is 16.3. The number of aromatic nitrogens is 2. The third-order valence-electron chi connectivity index (χ3n) is 2.34. The van der Waals surface area contributed by atoms with Crippen LogP contribution in [0.3, 0.4) is 0 Å². The van der Waals surface area contributed by atoms with Gasteiger partial charge >= 0.3 is 0 Å². The molecule has 0 saturated carbocycles. The highest BCUT2D eigenvalue weighted by molar-refractivity contribution is 5.84. The van der Waals surface area contributed by atoms with Gasteiger partial charge in [-0.2, -0.15) is 0 Å². The Labute approximate surface area is 87.5 Å². The van der Waals surface area contributed by atoms with Crippen molar-refractivity contribution in [2.75, 3.05) is 5.43 Å². The fraction of sp³-hybridized carbons (Fsp3) is 0.300. The van der Waals surface area contributed by atoms with Gasteiger partial charge in [-0.3, -0.25) is 5.43 Å². The molecule has 0 bridgehead atoms. The Morgan fingerprint density at radius 3 is 2.80 bits per heavy atom. The molecule has 0 saturated heterocycles. The summed E-state index contributed by atoms with van der Waals surface area (Å²) in [5.41, 5.74) is 3.98. The van der Waals surface area contributed by atoms with Crippen LogP contribution >= 0.6 is 0 Å². The Balaban J connectivity index is 2.80. The molecule has 0 aliphatic heterocycles. The molecule has 80 valence electrons. The number of nitrogens with zero attached hydrogens (tertiary/aromatic N) is 2. The van der Waals surface area contributed by atoms with Crippen LogP contribution in [0.25, 0.3) is 11.0 Å². The quantitative estimate of drug-likeness (QED) is 0.515. The molecule has 0 spiro atoms. The van der Waals surface area contributed by atoms with Gasteiger partial charge in [0.25, 0.3) is 0 Å². The summed E-state index contributed by atoms with van der Waals surface area (Å²) < 4.78 is 1.94. The average Bonchev–Trinajstić information content (AvgIpc) is 2.57. The maximum Gasteiger partial charge on any atom is 0.218 e. The molecule has 0 radical (unpaired) electrons. The van der Waals surface area contributed by atoms with Crippen LogP contribution in [0.5, 0.6) is 5.75 Å². The van der Waals surface area contributed by atoms with Crippen molar-refractivity contribution >= 4 is 17.0 Å². The summed E-state index contributed by atoms with van der Waals surface area (Å²) in [5.74, 6) is 6.11. The summed E-state index contributed by atoms with van der Waals surface area (Å²) in [6.45, 7) is 4.07. The molecule has 0 fully saturated rings. The number of phenols is 1. The second-order valence-corrected chi connectivity index (χ2v) is 3.69. The first kappa shape index (κ1) is 9.79. The van der Waals surface area contributed by atoms with Gasteiger partial charge < -0.3 is 9.67 Å². The maximum absolute atomic E-state index is 9.64. The highest BCUT2D eigenvalue weighted by Gasteiger charge is 2.14. The topological polar surface area (TPSA) is 76.1 Å². The van der Waals surface area contributed by atoms with Crippen molar-refractivity contribution < 1.29 is 5.11 Å². The Bertz CT molecular complexity index is 489. The van der Waals surface area contributed by atoms with Gasteiger partial charge in [-0.05, 0) is 26.0 Å².